The van der Waals surface area contributed by atoms with E-state index in [0.717, 1.165) is 231 Å². The number of carbonyl (C=O) groups is 9. The molecule has 0 aromatic carbocycles. The molecule has 12 aliphatic rings. The van der Waals surface area contributed by atoms with E-state index in [-0.39, 0.29) is 101 Å². The monoisotopic (exact) mass is 1990 g/mol. The molecule has 5 saturated carbocycles. The number of rotatable bonds is 24. The van der Waals surface area contributed by atoms with Crippen LogP contribution in [0.4, 0.5) is 45.1 Å². The topological polar surface area (TPSA) is 233 Å². The average molecular weight is 1990 g/mol. The van der Waals surface area contributed by atoms with Crippen molar-refractivity contribution in [3.63, 3.8) is 0 Å². The minimum Gasteiger partial charge on any atom is -0.477 e. The molecule has 4 aromatic rings. The number of hydrogen-bond acceptors (Lipinski definition) is 19. The highest BCUT2D eigenvalue weighted by Gasteiger charge is 2.45. The summed E-state index contributed by atoms with van der Waals surface area (Å²) in [7, 11) is 4.23. The van der Waals surface area contributed by atoms with Crippen molar-refractivity contribution in [3.8, 4) is 0 Å². The molecule has 138 heavy (non-hydrogen) atoms. The van der Waals surface area contributed by atoms with Crippen LogP contribution in [0.25, 0.3) is 22.3 Å². The average Bonchev–Trinajstić information content (AvgIpc) is 1.62. The maximum Gasteiger partial charge on any atom is 0.410 e. The van der Waals surface area contributed by atoms with E-state index in [1.165, 1.54) is 121 Å². The van der Waals surface area contributed by atoms with Gasteiger partial charge in [-0.3, -0.25) is 29.0 Å². The molecule has 9 aliphatic carbocycles. The van der Waals surface area contributed by atoms with Crippen molar-refractivity contribution in [3.05, 3.63) is 87.6 Å². The molecule has 3 aliphatic heterocycles. The van der Waals surface area contributed by atoms with Gasteiger partial charge in [-0.05, 0) is 348 Å². The van der Waals surface area contributed by atoms with Crippen LogP contribution in [0.2, 0.25) is 0 Å². The highest BCUT2D eigenvalue weighted by molar-refractivity contribution is 7.17. The first kappa shape index (κ1) is 108. The summed E-state index contributed by atoms with van der Waals surface area (Å²) in [5.74, 6) is 0.780. The smallest absolute Gasteiger partial charge is 0.410 e. The summed E-state index contributed by atoms with van der Waals surface area (Å²) < 4.78 is 72.7. The number of carboxylic acids is 1. The molecule has 0 unspecified atom stereocenters. The molecule has 3 saturated heterocycles. The lowest BCUT2D eigenvalue weighted by Crippen LogP contribution is -2.51. The number of carbonyl (C=O) groups excluding carboxylic acids is 8. The van der Waals surface area contributed by atoms with Crippen LogP contribution in [0.1, 0.15) is 383 Å². The van der Waals surface area contributed by atoms with Gasteiger partial charge in [0.1, 0.15) is 25.1 Å². The summed E-state index contributed by atoms with van der Waals surface area (Å²) in [4.78, 5) is 139. The predicted octanol–water partition coefficient (Wildman–Crippen LogP) is 26.7. The fourth-order valence-corrected chi connectivity index (χ4v) is 27.3. The number of carboxylic acid groups (broad SMARTS) is 1. The van der Waals surface area contributed by atoms with Gasteiger partial charge in [-0.2, -0.15) is 0 Å². The molecule has 0 bridgehead atoms. The van der Waals surface area contributed by atoms with Gasteiger partial charge in [0.2, 0.25) is 23.6 Å². The lowest BCUT2D eigenvalue weighted by atomic mass is 9.81. The van der Waals surface area contributed by atoms with Crippen LogP contribution in [-0.2, 0) is 38.1 Å². The minimum atomic E-state index is -2.37. The van der Waals surface area contributed by atoms with Crippen molar-refractivity contribution >= 4 is 144 Å². The number of halogens is 4. The fraction of sp³-hybridized carbons (Fsp3) is 0.697. The van der Waals surface area contributed by atoms with E-state index in [9.17, 15) is 65.8 Å². The van der Waals surface area contributed by atoms with E-state index in [4.69, 9.17) is 18.9 Å². The number of amides is 5. The molecule has 0 atom stereocenters. The molecule has 7 heterocycles. The van der Waals surface area contributed by atoms with Crippen LogP contribution >= 0.6 is 45.3 Å². The molecule has 1 N–H and O–H groups in total. The molecule has 0 radical (unpaired) electrons. The number of ether oxygens (including phenoxy) is 4. The van der Waals surface area contributed by atoms with E-state index in [2.05, 4.69) is 69.0 Å². The molecule has 5 amide bonds. The fourth-order valence-electron chi connectivity index (χ4n) is 22.9. The Hall–Kier alpha value is -7.57. The number of alkyl halides is 4. The van der Waals surface area contributed by atoms with Gasteiger partial charge in [0, 0.05) is 107 Å². The molecule has 762 valence electrons. The van der Waals surface area contributed by atoms with Gasteiger partial charge >= 0.3 is 30.0 Å². The first-order valence-corrected chi connectivity index (χ1v) is 55.7. The Balaban J connectivity index is 0.000000156. The Morgan fingerprint density at radius 2 is 0.609 bits per heavy atom. The number of allylic oxidation sites excluding steroid dienone is 8. The third-order valence-corrected chi connectivity index (χ3v) is 35.8. The summed E-state index contributed by atoms with van der Waals surface area (Å²) >= 11 is 5.65. The first-order valence-electron chi connectivity index (χ1n) is 52.5. The number of aromatic carboxylic acids is 1. The molecule has 4 aromatic heterocycles. The third kappa shape index (κ3) is 28.7. The molecule has 16 rings (SSSR count). The number of piperidine rings is 3. The molecule has 29 heteroatoms. The molecule has 0 spiro atoms. The van der Waals surface area contributed by atoms with Gasteiger partial charge < -0.3 is 48.6 Å². The van der Waals surface area contributed by atoms with Crippen molar-refractivity contribution in [2.75, 3.05) is 93.3 Å². The second kappa shape index (κ2) is 51.6. The van der Waals surface area contributed by atoms with Crippen LogP contribution in [0.5, 0.6) is 0 Å². The zero-order valence-corrected chi connectivity index (χ0v) is 87.1. The summed E-state index contributed by atoms with van der Waals surface area (Å²) in [5.41, 5.74) is 7.11. The van der Waals surface area contributed by atoms with E-state index < -0.39 is 36.4 Å². The first-order chi connectivity index (χ1) is 66.3. The Morgan fingerprint density at radius 1 is 0.355 bits per heavy atom. The number of methoxy groups -OCH3 is 3. The predicted molar refractivity (Wildman–Crippen MR) is 547 cm³/mol. The lowest BCUT2D eigenvalue weighted by Gasteiger charge is -2.40. The van der Waals surface area contributed by atoms with Crippen LogP contribution in [0.3, 0.4) is 0 Å². The van der Waals surface area contributed by atoms with Crippen LogP contribution < -0.4 is 19.6 Å². The van der Waals surface area contributed by atoms with Gasteiger partial charge in [-0.25, -0.2) is 41.5 Å². The number of anilines is 4. The molecule has 8 fully saturated rings. The van der Waals surface area contributed by atoms with E-state index in [1.54, 1.807) is 19.6 Å². The van der Waals surface area contributed by atoms with Gasteiger partial charge in [0.15, 0.2) is 0 Å². The van der Waals surface area contributed by atoms with E-state index in [0.29, 0.717) is 133 Å². The Bertz CT molecular complexity index is 4860. The molecule has 21 nitrogen and oxygen atoms in total. The molecular formula is C109H155F4N7O14S4. The lowest BCUT2D eigenvalue weighted by molar-refractivity contribution is -0.125. The van der Waals surface area contributed by atoms with E-state index >= 15 is 0 Å². The van der Waals surface area contributed by atoms with Gasteiger partial charge in [-0.1, -0.05) is 71.3 Å². The zero-order chi connectivity index (χ0) is 98.4. The maximum absolute atomic E-state index is 14.2. The quantitative estimate of drug-likeness (QED) is 0.0390. The maximum atomic E-state index is 14.2. The SMILES string of the molecule is CC1CCC(C(=O)N(c2cc(C3=CCCCC3)sc2C(=O)O)C2CCN(CC(F)F)CC2)CC1.COC(=O)c1sc(C2=CCCCC2)cc1N(C(=O)C1CCC(C)CC1)C1CCCCC1.COC(=O)c1sc(C2=CCCCC2)cc1N(C(=O)C1CCC(C)CC1)C1CCN(C(=O)OC(C)(C)C)CC1.COC(=O)c1sc(C2=CCCCC2)cc1N(C(=O)C1CCC(C)CC1)C1CCN(CC(F)F)CC1. The second-order valence-electron chi connectivity index (χ2n) is 42.5. The number of hydrogen-bond donors (Lipinski definition) is 1. The Morgan fingerprint density at radius 3 is 0.848 bits per heavy atom. The van der Waals surface area contributed by atoms with E-state index in [1.807, 2.05) is 42.7 Å². The number of likely N-dealkylation sites (tertiary alicyclic amines) is 3. The highest BCUT2D eigenvalue weighted by Crippen LogP contribution is 2.49. The van der Waals surface area contributed by atoms with Crippen LogP contribution in [0, 0.1) is 47.3 Å². The third-order valence-electron chi connectivity index (χ3n) is 31.1. The normalized spacial score (nSPS) is 24.2. The number of thiophene rings is 4. The zero-order valence-electron chi connectivity index (χ0n) is 83.8. The second-order valence-corrected chi connectivity index (χ2v) is 46.7. The summed E-state index contributed by atoms with van der Waals surface area (Å²) in [6.07, 6.45) is 46.2. The summed E-state index contributed by atoms with van der Waals surface area (Å²) in [6, 6.07) is 7.95. The number of nitrogens with zero attached hydrogens (tertiary/aromatic N) is 7. The Labute approximate surface area is 833 Å². The minimum absolute atomic E-state index is 0.0173. The number of esters is 3. The molecular weight excluding hydrogens is 1840 g/mol. The summed E-state index contributed by atoms with van der Waals surface area (Å²) in [6.45, 7) is 17.2. The summed E-state index contributed by atoms with van der Waals surface area (Å²) in [5, 5.41) is 10.1. The van der Waals surface area contributed by atoms with Crippen LogP contribution in [0.15, 0.2) is 48.6 Å². The van der Waals surface area contributed by atoms with Crippen molar-refractivity contribution < 1.29 is 84.8 Å². The standard InChI is InChI=1S/C30H44N2O5S.C27H38F2N2O3S.C26H36F2N2O3S.C26H37NO3S/c1-20-11-13-22(14-12-20)27(33)32(23-15-17-31(18-16-23)29(35)37-30(2,3)4)24-19-25(21-9-7-6-8-10-21)38-26(24)28(34)36-5;1-18-8-10-20(11-9-18)26(32)31(21-12-14-30(15-13-21)17-24(28)29)22-16-23(19-6-4-3-5-7-19)35-25(22)27(33)34-2;1-17-7-9-19(10-8-17)25(31)30(20-11-13-29(14-12-20)16-23(27)28)21-15-22(34-24(21)26(32)33)18-5-3-2-4-6-18;1-18-13-15-20(16-14-18)25(28)27(21-11-7-4-8-12-21)22-17-23(19-9-5-3-6-10-19)31-24(22)26(29)30-2/h9,19-20,22-23H,6-8,10-18H2,1-5H3;6,16,18,20-21,24H,3-5,7-15,17H2,1-2H3;5,15,17,19-20,23H,2-4,6-14,16H2,1H3,(H,32,33);9,17-18,20-21H,3-8,10-16H2,1-2H3. The largest absolute Gasteiger partial charge is 0.477 e. The van der Waals surface area contributed by atoms with Crippen molar-refractivity contribution in [1.82, 2.24) is 14.7 Å². The van der Waals surface area contributed by atoms with Crippen molar-refractivity contribution in [1.29, 1.82) is 0 Å². The Kier molecular flexibility index (Phi) is 40.3. The van der Waals surface area contributed by atoms with Gasteiger partial charge in [0.05, 0.1) is 57.2 Å². The van der Waals surface area contributed by atoms with Crippen molar-refractivity contribution in [2.24, 2.45) is 47.3 Å². The van der Waals surface area contributed by atoms with Crippen molar-refractivity contribution in [2.45, 2.75) is 367 Å². The van der Waals surface area contributed by atoms with Gasteiger partial charge in [-0.15, -0.1) is 45.3 Å². The highest BCUT2D eigenvalue weighted by atomic mass is 32.1. The van der Waals surface area contributed by atoms with Gasteiger partial charge in [0.25, 0.3) is 12.9 Å². The van der Waals surface area contributed by atoms with Crippen LogP contribution in [-0.4, -0.2) is 190 Å².